The normalized spacial score (nSPS) is 17.5. The van der Waals surface area contributed by atoms with E-state index < -0.39 is 0 Å². The van der Waals surface area contributed by atoms with Crippen LogP contribution in [0.25, 0.3) is 0 Å². The molecule has 0 amide bonds. The maximum atomic E-state index is 12.3. The molecule has 3 rings (SSSR count). The third-order valence-corrected chi connectivity index (χ3v) is 4.62. The van der Waals surface area contributed by atoms with Gasteiger partial charge < -0.3 is 9.88 Å². The first kappa shape index (κ1) is 14.4. The Labute approximate surface area is 129 Å². The monoisotopic (exact) mass is 302 g/mol. The number of benzene rings is 1. The van der Waals surface area contributed by atoms with Crippen molar-refractivity contribution in [1.82, 2.24) is 9.88 Å². The summed E-state index contributed by atoms with van der Waals surface area (Å²) >= 11 is 6.24. The summed E-state index contributed by atoms with van der Waals surface area (Å²) in [6.45, 7) is 0.540. The van der Waals surface area contributed by atoms with Crippen molar-refractivity contribution < 1.29 is 0 Å². The van der Waals surface area contributed by atoms with E-state index in [2.05, 4.69) is 5.32 Å². The number of aromatic nitrogens is 1. The fourth-order valence-electron chi connectivity index (χ4n) is 3.13. The Morgan fingerprint density at radius 3 is 2.86 bits per heavy atom. The van der Waals surface area contributed by atoms with E-state index >= 15 is 0 Å². The first-order valence-corrected chi connectivity index (χ1v) is 7.72. The molecular weight excluding hydrogens is 284 g/mol. The zero-order valence-corrected chi connectivity index (χ0v) is 12.9. The zero-order chi connectivity index (χ0) is 14.8. The molecule has 0 fully saturated rings. The Morgan fingerprint density at radius 2 is 2.10 bits per heavy atom. The topological polar surface area (TPSA) is 34.0 Å². The quantitative estimate of drug-likeness (QED) is 0.945. The van der Waals surface area contributed by atoms with Crippen molar-refractivity contribution in [3.8, 4) is 0 Å². The Hall–Kier alpha value is -1.58. The molecule has 1 atom stereocenters. The molecule has 0 aliphatic heterocycles. The van der Waals surface area contributed by atoms with E-state index in [0.29, 0.717) is 17.6 Å². The van der Waals surface area contributed by atoms with Crippen LogP contribution in [0.3, 0.4) is 0 Å². The second kappa shape index (κ2) is 6.04. The van der Waals surface area contributed by atoms with E-state index in [1.54, 1.807) is 6.07 Å². The van der Waals surface area contributed by atoms with Gasteiger partial charge in [0.15, 0.2) is 0 Å². The van der Waals surface area contributed by atoms with E-state index in [4.69, 9.17) is 11.6 Å². The minimum atomic E-state index is 0.0467. The highest BCUT2D eigenvalue weighted by Gasteiger charge is 2.22. The van der Waals surface area contributed by atoms with E-state index in [9.17, 15) is 4.79 Å². The third-order valence-electron chi connectivity index (χ3n) is 4.25. The lowest BCUT2D eigenvalue weighted by molar-refractivity contribution is 0.473. The van der Waals surface area contributed by atoms with Crippen molar-refractivity contribution in [3.63, 3.8) is 0 Å². The molecule has 2 aromatic rings. The van der Waals surface area contributed by atoms with Crippen LogP contribution < -0.4 is 10.9 Å². The molecule has 1 aliphatic carbocycles. The lowest BCUT2D eigenvalue weighted by Crippen LogP contribution is -2.30. The Kier molecular flexibility index (Phi) is 4.13. The van der Waals surface area contributed by atoms with Gasteiger partial charge in [-0.2, -0.15) is 0 Å². The van der Waals surface area contributed by atoms with Crippen LogP contribution in [0, 0.1) is 0 Å². The SMILES string of the molecule is CNC1CCCc2c1ccc(=O)n2Cc1ccccc1Cl. The Morgan fingerprint density at radius 1 is 1.29 bits per heavy atom. The third kappa shape index (κ3) is 2.76. The maximum absolute atomic E-state index is 12.3. The van der Waals surface area contributed by atoms with E-state index in [0.717, 1.165) is 30.5 Å². The number of rotatable bonds is 3. The van der Waals surface area contributed by atoms with Gasteiger partial charge in [0.25, 0.3) is 5.56 Å². The van der Waals surface area contributed by atoms with E-state index in [1.807, 2.05) is 41.9 Å². The van der Waals surface area contributed by atoms with E-state index in [-0.39, 0.29) is 5.56 Å². The molecule has 3 nitrogen and oxygen atoms in total. The van der Waals surface area contributed by atoms with Crippen molar-refractivity contribution >= 4 is 11.6 Å². The van der Waals surface area contributed by atoms with Crippen molar-refractivity contribution in [2.75, 3.05) is 7.05 Å². The molecule has 4 heteroatoms. The second-order valence-electron chi connectivity index (χ2n) is 5.48. The predicted molar refractivity (Wildman–Crippen MR) is 86.0 cm³/mol. The minimum Gasteiger partial charge on any atom is -0.313 e. The average molecular weight is 303 g/mol. The maximum Gasteiger partial charge on any atom is 0.251 e. The first-order valence-electron chi connectivity index (χ1n) is 7.34. The van der Waals surface area contributed by atoms with Crippen LogP contribution >= 0.6 is 11.6 Å². The number of hydrogen-bond donors (Lipinski definition) is 1. The Balaban J connectivity index is 2.06. The fourth-order valence-corrected chi connectivity index (χ4v) is 3.33. The zero-order valence-electron chi connectivity index (χ0n) is 12.1. The largest absolute Gasteiger partial charge is 0.313 e. The minimum absolute atomic E-state index is 0.0467. The summed E-state index contributed by atoms with van der Waals surface area (Å²) in [5.41, 5.74) is 3.43. The molecule has 1 aromatic heterocycles. The molecule has 0 bridgehead atoms. The molecule has 1 aliphatic rings. The van der Waals surface area contributed by atoms with Crippen LogP contribution in [0.4, 0.5) is 0 Å². The van der Waals surface area contributed by atoms with Gasteiger partial charge in [-0.3, -0.25) is 4.79 Å². The molecule has 110 valence electrons. The van der Waals surface area contributed by atoms with Gasteiger partial charge in [-0.25, -0.2) is 0 Å². The van der Waals surface area contributed by atoms with Gasteiger partial charge in [0.05, 0.1) is 6.54 Å². The lowest BCUT2D eigenvalue weighted by Gasteiger charge is -2.27. The van der Waals surface area contributed by atoms with Gasteiger partial charge in [0, 0.05) is 22.8 Å². The molecule has 1 heterocycles. The first-order chi connectivity index (χ1) is 10.2. The van der Waals surface area contributed by atoms with Gasteiger partial charge in [-0.15, -0.1) is 0 Å². The highest BCUT2D eigenvalue weighted by atomic mass is 35.5. The number of nitrogens with one attached hydrogen (secondary N) is 1. The number of halogens is 1. The summed E-state index contributed by atoms with van der Waals surface area (Å²) in [5, 5.41) is 4.05. The lowest BCUT2D eigenvalue weighted by atomic mass is 9.91. The van der Waals surface area contributed by atoms with Crippen molar-refractivity contribution in [2.24, 2.45) is 0 Å². The highest BCUT2D eigenvalue weighted by Crippen LogP contribution is 2.29. The van der Waals surface area contributed by atoms with Crippen LogP contribution in [-0.4, -0.2) is 11.6 Å². The Bertz CT molecular complexity index is 708. The highest BCUT2D eigenvalue weighted by molar-refractivity contribution is 6.31. The molecule has 0 saturated carbocycles. The van der Waals surface area contributed by atoms with Crippen molar-refractivity contribution in [3.05, 3.63) is 68.6 Å². The van der Waals surface area contributed by atoms with Crippen LogP contribution in [0.5, 0.6) is 0 Å². The van der Waals surface area contributed by atoms with Gasteiger partial charge in [0.2, 0.25) is 0 Å². The standard InChI is InChI=1S/C17H19ClN2O/c1-19-15-7-4-8-16-13(15)9-10-17(21)20(16)11-12-5-2-3-6-14(12)18/h2-3,5-6,9-10,15,19H,4,7-8,11H2,1H3. The van der Waals surface area contributed by atoms with Crippen LogP contribution in [0.2, 0.25) is 5.02 Å². The summed E-state index contributed by atoms with van der Waals surface area (Å²) < 4.78 is 1.88. The summed E-state index contributed by atoms with van der Waals surface area (Å²) in [5.74, 6) is 0. The van der Waals surface area contributed by atoms with Crippen LogP contribution in [0.15, 0.2) is 41.2 Å². The van der Waals surface area contributed by atoms with E-state index in [1.165, 1.54) is 5.56 Å². The summed E-state index contributed by atoms with van der Waals surface area (Å²) in [7, 11) is 1.98. The van der Waals surface area contributed by atoms with Crippen molar-refractivity contribution in [1.29, 1.82) is 0 Å². The molecular formula is C17H19ClN2O. The van der Waals surface area contributed by atoms with Crippen LogP contribution in [0.1, 0.15) is 35.7 Å². The van der Waals surface area contributed by atoms with Gasteiger partial charge in [0.1, 0.15) is 0 Å². The summed E-state index contributed by atoms with van der Waals surface area (Å²) in [6.07, 6.45) is 3.17. The molecule has 21 heavy (non-hydrogen) atoms. The average Bonchev–Trinajstić information content (AvgIpc) is 2.51. The molecule has 1 unspecified atom stereocenters. The smallest absolute Gasteiger partial charge is 0.251 e. The predicted octanol–water partition coefficient (Wildman–Crippen LogP) is 3.15. The number of hydrogen-bond acceptors (Lipinski definition) is 2. The van der Waals surface area contributed by atoms with Crippen LogP contribution in [-0.2, 0) is 13.0 Å². The van der Waals surface area contributed by atoms with Gasteiger partial charge >= 0.3 is 0 Å². The number of pyridine rings is 1. The summed E-state index contributed by atoms with van der Waals surface area (Å²) in [6, 6.07) is 11.7. The fraction of sp³-hybridized carbons (Fsp3) is 0.353. The molecule has 1 N–H and O–H groups in total. The molecule has 0 saturated heterocycles. The molecule has 0 spiro atoms. The van der Waals surface area contributed by atoms with Gasteiger partial charge in [-0.1, -0.05) is 35.9 Å². The second-order valence-corrected chi connectivity index (χ2v) is 5.89. The van der Waals surface area contributed by atoms with Gasteiger partial charge in [-0.05, 0) is 43.5 Å². The molecule has 1 aromatic carbocycles. The summed E-state index contributed by atoms with van der Waals surface area (Å²) in [4.78, 5) is 12.3. The van der Waals surface area contributed by atoms with Crippen molar-refractivity contribution in [2.45, 2.75) is 31.8 Å². The number of nitrogens with zero attached hydrogens (tertiary/aromatic N) is 1. The number of fused-ring (bicyclic) bond motifs is 1. The molecule has 0 radical (unpaired) electrons.